The number of hydrogen-bond donors (Lipinski definition) is 6. The van der Waals surface area contributed by atoms with E-state index in [4.69, 9.17) is 17.2 Å². The topological polar surface area (TPSA) is 188 Å². The number of hydrogen-bond acceptors (Lipinski definition) is 9. The molecule has 2 heterocycles. The third-order valence-corrected chi connectivity index (χ3v) is 9.85. The number of aliphatic imine (C=N–C) groups is 1. The first-order chi connectivity index (χ1) is 26.3. The van der Waals surface area contributed by atoms with Gasteiger partial charge in [-0.3, -0.25) is 24.7 Å². The van der Waals surface area contributed by atoms with Crippen LogP contribution in [-0.2, 0) is 12.0 Å². The summed E-state index contributed by atoms with van der Waals surface area (Å²) in [4.78, 5) is 39.9. The van der Waals surface area contributed by atoms with E-state index in [0.29, 0.717) is 37.8 Å². The maximum Gasteiger partial charge on any atom is 0.349 e. The number of carbonyl (C=O) groups is 1. The molecule has 0 aliphatic carbocycles. The van der Waals surface area contributed by atoms with Crippen molar-refractivity contribution in [1.82, 2.24) is 30.0 Å². The molecule has 0 spiro atoms. The van der Waals surface area contributed by atoms with Crippen LogP contribution in [0.1, 0.15) is 107 Å². The van der Waals surface area contributed by atoms with Gasteiger partial charge >= 0.3 is 11.7 Å². The number of piperazine rings is 1. The predicted molar refractivity (Wildman–Crippen MR) is 236 cm³/mol. The smallest absolute Gasteiger partial charge is 0.349 e. The van der Waals surface area contributed by atoms with Gasteiger partial charge in [-0.1, -0.05) is 32.9 Å². The average molecular weight is 783 g/mol. The molecule has 1 aliphatic rings. The van der Waals surface area contributed by atoms with Crippen LogP contribution in [-0.4, -0.2) is 114 Å². The number of nitrogens with zero attached hydrogens (tertiary/aromatic N) is 6. The highest BCUT2D eigenvalue weighted by atomic mass is 16.2. The highest BCUT2D eigenvalue weighted by molar-refractivity contribution is 5.88. The van der Waals surface area contributed by atoms with Crippen molar-refractivity contribution in [2.24, 2.45) is 22.2 Å². The number of anilines is 2. The summed E-state index contributed by atoms with van der Waals surface area (Å²) >= 11 is 0. The van der Waals surface area contributed by atoms with E-state index in [0.717, 1.165) is 51.7 Å². The van der Waals surface area contributed by atoms with Crippen molar-refractivity contribution in [2.45, 2.75) is 137 Å². The van der Waals surface area contributed by atoms with Crippen LogP contribution >= 0.6 is 0 Å². The summed E-state index contributed by atoms with van der Waals surface area (Å²) in [6.45, 7) is 31.3. The Balaban J connectivity index is 0.000000395. The summed E-state index contributed by atoms with van der Waals surface area (Å²) in [7, 11) is 0. The largest absolute Gasteiger partial charge is 0.370 e. The van der Waals surface area contributed by atoms with Crippen molar-refractivity contribution >= 4 is 23.5 Å². The second kappa shape index (κ2) is 24.1. The minimum Gasteiger partial charge on any atom is -0.370 e. The van der Waals surface area contributed by atoms with E-state index >= 15 is 0 Å². The molecule has 56 heavy (non-hydrogen) atoms. The minimum absolute atomic E-state index is 0.105. The van der Waals surface area contributed by atoms with E-state index in [-0.39, 0.29) is 22.7 Å². The number of aromatic nitrogens is 2. The van der Waals surface area contributed by atoms with Gasteiger partial charge in [0.1, 0.15) is 5.82 Å². The van der Waals surface area contributed by atoms with E-state index in [9.17, 15) is 9.59 Å². The van der Waals surface area contributed by atoms with Crippen molar-refractivity contribution < 1.29 is 4.79 Å². The lowest BCUT2D eigenvalue weighted by atomic mass is 9.87. The summed E-state index contributed by atoms with van der Waals surface area (Å²) < 4.78 is 1.54. The number of benzene rings is 1. The van der Waals surface area contributed by atoms with E-state index in [1.807, 2.05) is 20.8 Å². The number of amides is 2. The zero-order valence-corrected chi connectivity index (χ0v) is 36.5. The van der Waals surface area contributed by atoms with E-state index < -0.39 is 11.7 Å². The van der Waals surface area contributed by atoms with Crippen LogP contribution < -0.4 is 43.7 Å². The molecule has 2 amide bonds. The zero-order chi connectivity index (χ0) is 41.9. The van der Waals surface area contributed by atoms with Crippen LogP contribution in [0.4, 0.5) is 16.3 Å². The summed E-state index contributed by atoms with van der Waals surface area (Å²) in [6, 6.07) is 12.0. The fraction of sp³-hybridized carbons (Fsp3) is 0.714. The zero-order valence-electron chi connectivity index (χ0n) is 36.5. The summed E-state index contributed by atoms with van der Waals surface area (Å²) in [6.07, 6.45) is 6.06. The van der Waals surface area contributed by atoms with E-state index in [1.54, 1.807) is 16.8 Å². The normalized spacial score (nSPS) is 14.4. The van der Waals surface area contributed by atoms with Crippen molar-refractivity contribution in [3.05, 3.63) is 52.6 Å². The number of carbonyl (C=O) groups excluding carboxylic acids is 1. The Kier molecular flexibility index (Phi) is 20.9. The lowest BCUT2D eigenvalue weighted by molar-refractivity contribution is 0.140. The van der Waals surface area contributed by atoms with Gasteiger partial charge < -0.3 is 32.7 Å². The van der Waals surface area contributed by atoms with Crippen LogP contribution in [0.5, 0.6) is 0 Å². The van der Waals surface area contributed by atoms with Crippen LogP contribution in [0.25, 0.3) is 0 Å². The lowest BCUT2D eigenvalue weighted by Crippen LogP contribution is -2.50. The summed E-state index contributed by atoms with van der Waals surface area (Å²) in [5, 5.41) is 8.85. The Bertz CT molecular complexity index is 1470. The molecule has 1 atom stereocenters. The van der Waals surface area contributed by atoms with Crippen molar-refractivity contribution in [1.29, 1.82) is 0 Å². The Labute approximate surface area is 338 Å². The van der Waals surface area contributed by atoms with Crippen LogP contribution in [0, 0.1) is 0 Å². The van der Waals surface area contributed by atoms with Gasteiger partial charge in [0.05, 0.1) is 0 Å². The third-order valence-electron chi connectivity index (χ3n) is 9.85. The highest BCUT2D eigenvalue weighted by Crippen LogP contribution is 2.25. The number of aryl methyl sites for hydroxylation is 1. The van der Waals surface area contributed by atoms with Crippen molar-refractivity contribution in [2.75, 3.05) is 69.1 Å². The molecule has 14 nitrogen and oxygen atoms in total. The van der Waals surface area contributed by atoms with Gasteiger partial charge in [-0.2, -0.15) is 4.98 Å². The number of nitrogens with two attached hydrogens (primary N) is 3. The summed E-state index contributed by atoms with van der Waals surface area (Å²) in [5.41, 5.74) is 18.5. The standard InChI is InChI=1S/C22H39N3.C20H39N9O2/c1-18(2)25(19(3)4)17-14-23-12-15-24(16-13-23)21-10-8-20(9-11-21)22(5,6)7;1-20(2,3)28-18(30)26-16-9-14-29(19(31)27-16)13-5-8-15(24-12-6-10-21)7-4-11-25-17(22)23/h8-11,18-19H,12-17H2,1-7H3;9,14-15,24H,4-8,10-13,21H2,1-3H3,(H4,22,23,25)(H2,26,27,28,30,31)/t;15-/m.0/s1. The molecule has 0 unspecified atom stereocenters. The van der Waals surface area contributed by atoms with Crippen molar-refractivity contribution in [3.8, 4) is 0 Å². The predicted octanol–water partition coefficient (Wildman–Crippen LogP) is 4.53. The van der Waals surface area contributed by atoms with Gasteiger partial charge in [0, 0.05) is 87.9 Å². The van der Waals surface area contributed by atoms with Gasteiger partial charge in [-0.05, 0) is 123 Å². The van der Waals surface area contributed by atoms with E-state index in [1.165, 1.54) is 37.4 Å². The van der Waals surface area contributed by atoms with Crippen molar-refractivity contribution in [3.63, 3.8) is 0 Å². The Morgan fingerprint density at radius 1 is 0.893 bits per heavy atom. The highest BCUT2D eigenvalue weighted by Gasteiger charge is 2.21. The molecule has 1 aromatic carbocycles. The average Bonchev–Trinajstić information content (AvgIpc) is 3.10. The second-order valence-electron chi connectivity index (χ2n) is 17.6. The SMILES string of the molecule is CC(C)(C)NC(=O)Nc1ccn(CCC[C@H](CCCN=C(N)N)NCCCN)c(=O)n1.CC(C)N(CCN1CCN(c2ccc(C(C)(C)C)cc2)CC1)C(C)C. The van der Waals surface area contributed by atoms with Crippen LogP contribution in [0.15, 0.2) is 46.3 Å². The molecule has 0 bridgehead atoms. The second-order valence-corrected chi connectivity index (χ2v) is 17.6. The molecule has 14 heteroatoms. The first kappa shape index (κ1) is 48.4. The van der Waals surface area contributed by atoms with E-state index in [2.05, 4.69) is 113 Å². The molecule has 0 saturated carbocycles. The Morgan fingerprint density at radius 3 is 2.05 bits per heavy atom. The Hall–Kier alpha value is -3.72. The molecule has 1 saturated heterocycles. The van der Waals surface area contributed by atoms with Crippen LogP contribution in [0.2, 0.25) is 0 Å². The molecule has 2 aromatic rings. The third kappa shape index (κ3) is 19.4. The summed E-state index contributed by atoms with van der Waals surface area (Å²) in [5.74, 6) is 0.331. The molecule has 1 aliphatic heterocycles. The Morgan fingerprint density at radius 2 is 1.52 bits per heavy atom. The van der Waals surface area contributed by atoms with Gasteiger partial charge in [0.15, 0.2) is 5.96 Å². The quantitative estimate of drug-likeness (QED) is 0.0672. The monoisotopic (exact) mass is 783 g/mol. The molecular weight excluding hydrogens is 705 g/mol. The van der Waals surface area contributed by atoms with Gasteiger partial charge in [0.2, 0.25) is 0 Å². The first-order valence-electron chi connectivity index (χ1n) is 20.8. The number of urea groups is 1. The fourth-order valence-electron chi connectivity index (χ4n) is 6.74. The first-order valence-corrected chi connectivity index (χ1v) is 20.8. The molecule has 1 aromatic heterocycles. The molecule has 318 valence electrons. The molecular formula is C42H78N12O2. The van der Waals surface area contributed by atoms with Gasteiger partial charge in [-0.25, -0.2) is 9.59 Å². The number of nitrogens with one attached hydrogen (secondary N) is 3. The van der Waals surface area contributed by atoms with Gasteiger partial charge in [-0.15, -0.1) is 0 Å². The number of guanidine groups is 1. The molecule has 9 N–H and O–H groups in total. The lowest BCUT2D eigenvalue weighted by Gasteiger charge is -2.38. The molecule has 0 radical (unpaired) electrons. The fourth-order valence-corrected chi connectivity index (χ4v) is 6.74. The number of rotatable bonds is 19. The van der Waals surface area contributed by atoms with Crippen LogP contribution in [0.3, 0.4) is 0 Å². The molecule has 3 rings (SSSR count). The maximum absolute atomic E-state index is 12.3. The van der Waals surface area contributed by atoms with Gasteiger partial charge in [0.25, 0.3) is 0 Å². The maximum atomic E-state index is 12.3. The molecule has 1 fully saturated rings. The minimum atomic E-state index is -0.399.